The van der Waals surface area contributed by atoms with E-state index in [0.717, 1.165) is 12.8 Å². The summed E-state index contributed by atoms with van der Waals surface area (Å²) in [5, 5.41) is 6.87. The van der Waals surface area contributed by atoms with E-state index in [1.807, 2.05) is 18.7 Å². The first kappa shape index (κ1) is 24.5. The highest BCUT2D eigenvalue weighted by atomic mass is 32.2. The predicted molar refractivity (Wildman–Crippen MR) is 130 cm³/mol. The maximum absolute atomic E-state index is 13.3. The molecule has 1 saturated heterocycles. The van der Waals surface area contributed by atoms with Crippen molar-refractivity contribution in [1.29, 1.82) is 0 Å². The van der Waals surface area contributed by atoms with E-state index in [2.05, 4.69) is 24.3 Å². The van der Waals surface area contributed by atoms with Gasteiger partial charge in [0, 0.05) is 37.6 Å². The number of fused-ring (bicyclic) bond motifs is 1. The van der Waals surface area contributed by atoms with Crippen molar-refractivity contribution in [2.24, 2.45) is 4.36 Å². The molecule has 15 heteroatoms. The van der Waals surface area contributed by atoms with Crippen LogP contribution in [0.15, 0.2) is 27.7 Å². The molecule has 2 atom stereocenters. The van der Waals surface area contributed by atoms with Crippen molar-refractivity contribution >= 4 is 42.3 Å². The third kappa shape index (κ3) is 4.42. The Morgan fingerprint density at radius 2 is 2.09 bits per heavy atom. The van der Waals surface area contributed by atoms with Gasteiger partial charge in [0.1, 0.15) is 4.90 Å². The number of halogens is 2. The van der Waals surface area contributed by atoms with E-state index in [-0.39, 0.29) is 21.0 Å². The average molecular weight is 546 g/mol. The molecular formula is C20H25F2N7O3S3. The van der Waals surface area contributed by atoms with E-state index in [0.29, 0.717) is 41.4 Å². The van der Waals surface area contributed by atoms with Gasteiger partial charge in [0.25, 0.3) is 6.43 Å². The average Bonchev–Trinajstić information content (AvgIpc) is 3.19. The van der Waals surface area contributed by atoms with E-state index in [9.17, 15) is 21.4 Å². The quantitative estimate of drug-likeness (QED) is 0.505. The van der Waals surface area contributed by atoms with E-state index < -0.39 is 36.7 Å². The van der Waals surface area contributed by atoms with Crippen molar-refractivity contribution in [3.05, 3.63) is 23.5 Å². The van der Waals surface area contributed by atoms with Crippen molar-refractivity contribution in [3.8, 4) is 10.8 Å². The van der Waals surface area contributed by atoms with Gasteiger partial charge in [-0.2, -0.15) is 0 Å². The van der Waals surface area contributed by atoms with Crippen molar-refractivity contribution in [2.45, 2.75) is 48.8 Å². The lowest BCUT2D eigenvalue weighted by Crippen LogP contribution is -2.45. The zero-order valence-electron chi connectivity index (χ0n) is 19.3. The minimum Gasteiger partial charge on any atom is -0.368 e. The zero-order valence-corrected chi connectivity index (χ0v) is 21.8. The normalized spacial score (nSPS) is 24.3. The molecule has 2 unspecified atom stereocenters. The summed E-state index contributed by atoms with van der Waals surface area (Å²) < 4.78 is 74.2. The lowest BCUT2D eigenvalue weighted by atomic mass is 10.2. The van der Waals surface area contributed by atoms with Gasteiger partial charge >= 0.3 is 0 Å². The maximum atomic E-state index is 13.3. The first-order valence-electron chi connectivity index (χ1n) is 11.0. The van der Waals surface area contributed by atoms with Crippen molar-refractivity contribution in [2.75, 3.05) is 30.8 Å². The molecule has 0 radical (unpaired) electrons. The summed E-state index contributed by atoms with van der Waals surface area (Å²) in [5.74, 6) is 0.567. The smallest absolute Gasteiger partial charge is 0.291 e. The molecule has 10 nitrogen and oxygen atoms in total. The fourth-order valence-corrected chi connectivity index (χ4v) is 8.16. The van der Waals surface area contributed by atoms with E-state index >= 15 is 0 Å². The number of hydrogen-bond donors (Lipinski definition) is 1. The summed E-state index contributed by atoms with van der Waals surface area (Å²) in [4.78, 5) is 6.37. The number of pyridine rings is 1. The Kier molecular flexibility index (Phi) is 5.89. The van der Waals surface area contributed by atoms with Crippen LogP contribution in [0.25, 0.3) is 16.3 Å². The SMILES string of the molecule is CN=S1(=O)CCN(c2cc(S(=O)(=O)NC3(C)CC3)cn3c(-c4nnc(C(F)F)s4)ncc23)CC1C. The van der Waals surface area contributed by atoms with Crippen molar-refractivity contribution in [1.82, 2.24) is 24.3 Å². The number of alkyl halides is 2. The number of sulfonamides is 1. The minimum absolute atomic E-state index is 0.0186. The predicted octanol–water partition coefficient (Wildman–Crippen LogP) is 2.93. The fourth-order valence-electron chi connectivity index (χ4n) is 4.15. The van der Waals surface area contributed by atoms with Crippen LogP contribution in [0.2, 0.25) is 0 Å². The Bertz CT molecular complexity index is 1520. The van der Waals surface area contributed by atoms with Crippen molar-refractivity contribution in [3.63, 3.8) is 0 Å². The third-order valence-electron chi connectivity index (χ3n) is 6.51. The lowest BCUT2D eigenvalue weighted by Gasteiger charge is -2.35. The molecule has 3 aromatic rings. The van der Waals surface area contributed by atoms with Crippen LogP contribution in [0.4, 0.5) is 14.5 Å². The Labute approximate surface area is 206 Å². The Balaban J connectivity index is 1.65. The van der Waals surface area contributed by atoms with Crippen LogP contribution in [0.1, 0.15) is 38.1 Å². The van der Waals surface area contributed by atoms with Gasteiger partial charge in [-0.3, -0.25) is 4.40 Å². The Morgan fingerprint density at radius 3 is 2.69 bits per heavy atom. The van der Waals surface area contributed by atoms with Gasteiger partial charge in [0.05, 0.1) is 32.4 Å². The minimum atomic E-state index is -3.89. The molecule has 1 aliphatic heterocycles. The molecule has 0 spiro atoms. The number of nitrogens with zero attached hydrogens (tertiary/aromatic N) is 6. The summed E-state index contributed by atoms with van der Waals surface area (Å²) in [6.45, 7) is 4.54. The molecule has 2 aliphatic rings. The fraction of sp³-hybridized carbons (Fsp3) is 0.550. The summed E-state index contributed by atoms with van der Waals surface area (Å²) in [6, 6.07) is 1.59. The van der Waals surface area contributed by atoms with E-state index in [4.69, 9.17) is 0 Å². The number of imidazole rings is 1. The van der Waals surface area contributed by atoms with Gasteiger partial charge in [-0.05, 0) is 32.8 Å². The van der Waals surface area contributed by atoms with Gasteiger partial charge in [-0.25, -0.2) is 35.5 Å². The van der Waals surface area contributed by atoms with Crippen LogP contribution < -0.4 is 9.62 Å². The summed E-state index contributed by atoms with van der Waals surface area (Å²) in [6.07, 6.45) is 1.71. The second-order valence-electron chi connectivity index (χ2n) is 9.14. The Hall–Kier alpha value is -2.23. The van der Waals surface area contributed by atoms with Gasteiger partial charge < -0.3 is 4.90 Å². The number of hydrogen-bond acceptors (Lipinski definition) is 9. The molecule has 35 heavy (non-hydrogen) atoms. The monoisotopic (exact) mass is 545 g/mol. The van der Waals surface area contributed by atoms with Crippen LogP contribution in [0.3, 0.4) is 0 Å². The first-order valence-corrected chi connectivity index (χ1v) is 15.0. The van der Waals surface area contributed by atoms with Gasteiger partial charge in [-0.15, -0.1) is 10.2 Å². The Morgan fingerprint density at radius 1 is 1.34 bits per heavy atom. The molecule has 1 saturated carbocycles. The molecule has 3 aromatic heterocycles. The third-order valence-corrected chi connectivity index (χ3v) is 11.8. The van der Waals surface area contributed by atoms with Crippen LogP contribution in [0.5, 0.6) is 0 Å². The van der Waals surface area contributed by atoms with E-state index in [1.54, 1.807) is 23.7 Å². The zero-order chi connectivity index (χ0) is 25.2. The molecule has 0 amide bonds. The van der Waals surface area contributed by atoms with Crippen LogP contribution in [0, 0.1) is 0 Å². The second kappa shape index (κ2) is 8.42. The molecule has 190 valence electrons. The summed E-state index contributed by atoms with van der Waals surface area (Å²) in [7, 11) is -4.68. The topological polar surface area (TPSA) is 122 Å². The lowest BCUT2D eigenvalue weighted by molar-refractivity contribution is 0.150. The highest BCUT2D eigenvalue weighted by Gasteiger charge is 2.41. The van der Waals surface area contributed by atoms with E-state index in [1.165, 1.54) is 6.20 Å². The van der Waals surface area contributed by atoms with Crippen molar-refractivity contribution < 1.29 is 21.4 Å². The molecule has 2 fully saturated rings. The molecule has 0 bridgehead atoms. The number of aromatic nitrogens is 4. The molecule has 1 aliphatic carbocycles. The first-order chi connectivity index (χ1) is 16.4. The molecular weight excluding hydrogens is 520 g/mol. The molecule has 1 N–H and O–H groups in total. The van der Waals surface area contributed by atoms with Gasteiger partial charge in [0.2, 0.25) is 10.0 Å². The van der Waals surface area contributed by atoms with Gasteiger partial charge in [-0.1, -0.05) is 11.3 Å². The number of anilines is 1. The van der Waals surface area contributed by atoms with Crippen LogP contribution in [-0.4, -0.2) is 68.9 Å². The number of nitrogens with one attached hydrogen (secondary N) is 1. The molecule has 5 rings (SSSR count). The standard InChI is InChI=1S/C20H25F2N7O3S3/c1-12-10-28(6-7-34(12,30)23-3)14-8-13(35(31,32)27-20(2)4-5-20)11-29-15(14)9-24-17(29)19-26-25-18(33-19)16(21)22/h8-9,11-12,16,27H,4-7,10H2,1-3H3. The highest BCUT2D eigenvalue weighted by Crippen LogP contribution is 2.38. The summed E-state index contributed by atoms with van der Waals surface area (Å²) >= 11 is 0.707. The molecule has 4 heterocycles. The molecule has 0 aromatic carbocycles. The second-order valence-corrected chi connectivity index (χ2v) is 14.8. The largest absolute Gasteiger partial charge is 0.368 e. The maximum Gasteiger partial charge on any atom is 0.291 e. The highest BCUT2D eigenvalue weighted by molar-refractivity contribution is 7.94. The van der Waals surface area contributed by atoms with Gasteiger partial charge in [0.15, 0.2) is 15.8 Å². The number of rotatable bonds is 6. The van der Waals surface area contributed by atoms with Crippen LogP contribution in [-0.2, 0) is 19.8 Å². The summed E-state index contributed by atoms with van der Waals surface area (Å²) in [5.41, 5.74) is 0.695. The van der Waals surface area contributed by atoms with Crippen LogP contribution >= 0.6 is 11.3 Å².